The minimum Gasteiger partial charge on any atom is -0.303 e. The second kappa shape index (κ2) is 5.94. The van der Waals surface area contributed by atoms with E-state index in [0.717, 1.165) is 0 Å². The minimum atomic E-state index is -3.12. The zero-order valence-electron chi connectivity index (χ0n) is 11.2. The van der Waals surface area contributed by atoms with Gasteiger partial charge >= 0.3 is 0 Å². The summed E-state index contributed by atoms with van der Waals surface area (Å²) in [6, 6.07) is 2.96. The number of amides is 1. The first-order valence-electron chi connectivity index (χ1n) is 6.33. The van der Waals surface area contributed by atoms with Crippen molar-refractivity contribution < 1.29 is 18.0 Å². The summed E-state index contributed by atoms with van der Waals surface area (Å²) in [4.78, 5) is 25.2. The lowest BCUT2D eigenvalue weighted by Gasteiger charge is -2.17. The van der Waals surface area contributed by atoms with E-state index < -0.39 is 21.5 Å². The van der Waals surface area contributed by atoms with Crippen LogP contribution in [0.3, 0.4) is 0 Å². The van der Waals surface area contributed by atoms with E-state index in [4.69, 9.17) is 23.2 Å². The predicted molar refractivity (Wildman–Crippen MR) is 82.1 cm³/mol. The van der Waals surface area contributed by atoms with Crippen LogP contribution in [0.25, 0.3) is 0 Å². The summed E-state index contributed by atoms with van der Waals surface area (Å²) >= 11 is 12.0. The standard InChI is InChI=1S/C13H13Cl2NO4S/c1-2-21(19,20)7-3-6-16-11-9(15)5-4-8(14)10(11)12(17)13(16)18/h4-5H,2-3,6-7H2,1H3. The number of ketones is 1. The Labute approximate surface area is 132 Å². The average Bonchev–Trinajstić information content (AvgIpc) is 2.69. The number of nitrogens with zero attached hydrogens (tertiary/aromatic N) is 1. The largest absolute Gasteiger partial charge is 0.303 e. The molecule has 0 unspecified atom stereocenters. The fourth-order valence-electron chi connectivity index (χ4n) is 2.15. The molecule has 0 fully saturated rings. The third-order valence-electron chi connectivity index (χ3n) is 3.29. The summed E-state index contributed by atoms with van der Waals surface area (Å²) in [5.41, 5.74) is 0.362. The van der Waals surface area contributed by atoms with Gasteiger partial charge in [-0.2, -0.15) is 0 Å². The smallest absolute Gasteiger partial charge is 0.299 e. The Morgan fingerprint density at radius 1 is 1.14 bits per heavy atom. The number of rotatable bonds is 5. The predicted octanol–water partition coefficient (Wildman–Crippen LogP) is 2.35. The first kappa shape index (κ1) is 16.3. The molecule has 1 amide bonds. The van der Waals surface area contributed by atoms with E-state index in [-0.39, 0.29) is 45.8 Å². The maximum atomic E-state index is 12.0. The molecule has 2 rings (SSSR count). The molecule has 1 aromatic rings. The van der Waals surface area contributed by atoms with Gasteiger partial charge in [0.05, 0.1) is 27.0 Å². The number of Topliss-reactive ketones (excluding diaryl/α,β-unsaturated/α-hetero) is 1. The van der Waals surface area contributed by atoms with Crippen molar-refractivity contribution in [3.05, 3.63) is 27.7 Å². The van der Waals surface area contributed by atoms with Crippen LogP contribution in [0.15, 0.2) is 12.1 Å². The van der Waals surface area contributed by atoms with Crippen LogP contribution in [0.5, 0.6) is 0 Å². The molecule has 1 aromatic carbocycles. The van der Waals surface area contributed by atoms with Crippen molar-refractivity contribution in [2.45, 2.75) is 13.3 Å². The first-order chi connectivity index (χ1) is 9.78. The van der Waals surface area contributed by atoms with Gasteiger partial charge in [0.15, 0.2) is 0 Å². The van der Waals surface area contributed by atoms with Crippen LogP contribution in [0.4, 0.5) is 5.69 Å². The van der Waals surface area contributed by atoms with Gasteiger partial charge in [0, 0.05) is 12.3 Å². The second-order valence-corrected chi connectivity index (χ2v) is 7.92. The molecule has 1 aliphatic rings. The number of carbonyl (C=O) groups excluding carboxylic acids is 2. The highest BCUT2D eigenvalue weighted by molar-refractivity contribution is 7.91. The number of halogens is 2. The third kappa shape index (κ3) is 3.07. The molecule has 0 aromatic heterocycles. The number of benzene rings is 1. The lowest BCUT2D eigenvalue weighted by molar-refractivity contribution is -0.114. The molecule has 0 spiro atoms. The van der Waals surface area contributed by atoms with Gasteiger partial charge in [-0.25, -0.2) is 8.42 Å². The zero-order valence-corrected chi connectivity index (χ0v) is 13.6. The zero-order chi connectivity index (χ0) is 15.8. The summed E-state index contributed by atoms with van der Waals surface area (Å²) in [6.07, 6.45) is 0.234. The maximum Gasteiger partial charge on any atom is 0.299 e. The molecule has 1 aliphatic heterocycles. The highest BCUT2D eigenvalue weighted by Gasteiger charge is 2.39. The summed E-state index contributed by atoms with van der Waals surface area (Å²) in [5, 5.41) is 0.406. The highest BCUT2D eigenvalue weighted by Crippen LogP contribution is 2.39. The second-order valence-electron chi connectivity index (χ2n) is 4.63. The monoisotopic (exact) mass is 349 g/mol. The molecule has 0 saturated heterocycles. The molecule has 0 N–H and O–H groups in total. The number of hydrogen-bond acceptors (Lipinski definition) is 4. The molecule has 0 atom stereocenters. The number of fused-ring (bicyclic) bond motifs is 1. The first-order valence-corrected chi connectivity index (χ1v) is 8.91. The highest BCUT2D eigenvalue weighted by atomic mass is 35.5. The van der Waals surface area contributed by atoms with E-state index >= 15 is 0 Å². The van der Waals surface area contributed by atoms with Crippen molar-refractivity contribution in [2.75, 3.05) is 23.0 Å². The molecule has 114 valence electrons. The Hall–Kier alpha value is -1.11. The number of sulfone groups is 1. The Balaban J connectivity index is 2.26. The van der Waals surface area contributed by atoms with Gasteiger partial charge in [0.1, 0.15) is 9.84 Å². The van der Waals surface area contributed by atoms with Crippen LogP contribution < -0.4 is 4.90 Å². The SMILES string of the molecule is CCS(=O)(=O)CCCN1C(=O)C(=O)c2c(Cl)ccc(Cl)c21. The molecule has 5 nitrogen and oxygen atoms in total. The Morgan fingerprint density at radius 2 is 1.76 bits per heavy atom. The fourth-order valence-corrected chi connectivity index (χ4v) is 3.51. The lowest BCUT2D eigenvalue weighted by Crippen LogP contribution is -2.31. The molecule has 8 heteroatoms. The molecule has 0 bridgehead atoms. The van der Waals surface area contributed by atoms with Crippen LogP contribution in [0.2, 0.25) is 10.0 Å². The topological polar surface area (TPSA) is 71.5 Å². The van der Waals surface area contributed by atoms with Crippen LogP contribution in [0.1, 0.15) is 23.7 Å². The van der Waals surface area contributed by atoms with Gasteiger partial charge < -0.3 is 4.90 Å². The Morgan fingerprint density at radius 3 is 2.38 bits per heavy atom. The molecular formula is C13H13Cl2NO4S. The van der Waals surface area contributed by atoms with Crippen LogP contribution in [-0.2, 0) is 14.6 Å². The van der Waals surface area contributed by atoms with Crippen molar-refractivity contribution in [3.63, 3.8) is 0 Å². The van der Waals surface area contributed by atoms with Crippen molar-refractivity contribution in [2.24, 2.45) is 0 Å². The molecule has 0 radical (unpaired) electrons. The van der Waals surface area contributed by atoms with Gasteiger partial charge in [0.2, 0.25) is 0 Å². The lowest BCUT2D eigenvalue weighted by atomic mass is 10.1. The molecule has 21 heavy (non-hydrogen) atoms. The fraction of sp³-hybridized carbons (Fsp3) is 0.385. The summed E-state index contributed by atoms with van der Waals surface area (Å²) in [6.45, 7) is 1.67. The van der Waals surface area contributed by atoms with Crippen molar-refractivity contribution in [1.82, 2.24) is 0 Å². The van der Waals surface area contributed by atoms with E-state index in [1.165, 1.54) is 17.0 Å². The van der Waals surface area contributed by atoms with E-state index in [9.17, 15) is 18.0 Å². The quantitative estimate of drug-likeness (QED) is 0.765. The van der Waals surface area contributed by atoms with Crippen LogP contribution in [0, 0.1) is 0 Å². The Bertz CT molecular complexity index is 715. The Kier molecular flexibility index (Phi) is 4.60. The van der Waals surface area contributed by atoms with E-state index in [0.29, 0.717) is 0 Å². The maximum absolute atomic E-state index is 12.0. The third-order valence-corrected chi connectivity index (χ3v) is 5.70. The van der Waals surface area contributed by atoms with E-state index in [2.05, 4.69) is 0 Å². The van der Waals surface area contributed by atoms with Crippen molar-refractivity contribution in [3.8, 4) is 0 Å². The molecule has 0 saturated carbocycles. The minimum absolute atomic E-state index is 0.0447. The summed E-state index contributed by atoms with van der Waals surface area (Å²) in [7, 11) is -3.12. The summed E-state index contributed by atoms with van der Waals surface area (Å²) < 4.78 is 22.9. The van der Waals surface area contributed by atoms with E-state index in [1.807, 2.05) is 0 Å². The van der Waals surface area contributed by atoms with Gasteiger partial charge in [-0.3, -0.25) is 9.59 Å². The molecule has 0 aliphatic carbocycles. The van der Waals surface area contributed by atoms with E-state index in [1.54, 1.807) is 6.92 Å². The molecular weight excluding hydrogens is 337 g/mol. The van der Waals surface area contributed by atoms with Crippen LogP contribution >= 0.6 is 23.2 Å². The van der Waals surface area contributed by atoms with Crippen molar-refractivity contribution >= 4 is 50.4 Å². The summed E-state index contributed by atoms with van der Waals surface area (Å²) in [5.74, 6) is -1.44. The van der Waals surface area contributed by atoms with Crippen molar-refractivity contribution in [1.29, 1.82) is 0 Å². The van der Waals surface area contributed by atoms with Gasteiger partial charge in [0.25, 0.3) is 11.7 Å². The van der Waals surface area contributed by atoms with Crippen LogP contribution in [-0.4, -0.2) is 38.2 Å². The number of carbonyl (C=O) groups is 2. The normalized spacial score (nSPS) is 14.7. The van der Waals surface area contributed by atoms with Gasteiger partial charge in [-0.05, 0) is 18.6 Å². The number of anilines is 1. The average molecular weight is 350 g/mol. The van der Waals surface area contributed by atoms with Gasteiger partial charge in [-0.15, -0.1) is 0 Å². The number of hydrogen-bond donors (Lipinski definition) is 0. The van der Waals surface area contributed by atoms with Gasteiger partial charge in [-0.1, -0.05) is 30.1 Å². The molecule has 1 heterocycles.